The van der Waals surface area contributed by atoms with Crippen LogP contribution in [0.1, 0.15) is 17.2 Å². The minimum atomic E-state index is 0.0839. The van der Waals surface area contributed by atoms with Crippen LogP contribution in [-0.4, -0.2) is 4.98 Å². The lowest BCUT2D eigenvalue weighted by molar-refractivity contribution is 0.771. The van der Waals surface area contributed by atoms with Crippen LogP contribution in [0.25, 0.3) is 0 Å². The van der Waals surface area contributed by atoms with Gasteiger partial charge in [0, 0.05) is 16.9 Å². The minimum absolute atomic E-state index is 0.0839. The third-order valence-corrected chi connectivity index (χ3v) is 4.06. The van der Waals surface area contributed by atoms with Crippen molar-refractivity contribution in [1.29, 1.82) is 0 Å². The number of benzene rings is 2. The average molecular weight is 343 g/mol. The molecule has 4 heteroatoms. The molecule has 2 nitrogen and oxygen atoms in total. The van der Waals surface area contributed by atoms with E-state index >= 15 is 0 Å². The van der Waals surface area contributed by atoms with Gasteiger partial charge in [-0.15, -0.1) is 0 Å². The van der Waals surface area contributed by atoms with E-state index < -0.39 is 0 Å². The van der Waals surface area contributed by atoms with Crippen LogP contribution < -0.4 is 5.32 Å². The first-order chi connectivity index (χ1) is 11.2. The molecule has 1 heterocycles. The van der Waals surface area contributed by atoms with Crippen LogP contribution in [0.3, 0.4) is 0 Å². The zero-order chi connectivity index (χ0) is 16.1. The zero-order valence-electron chi connectivity index (χ0n) is 12.4. The van der Waals surface area contributed by atoms with Crippen molar-refractivity contribution < 1.29 is 0 Å². The minimum Gasteiger partial charge on any atom is -0.378 e. The summed E-state index contributed by atoms with van der Waals surface area (Å²) in [6.07, 6.45) is 2.66. The molecule has 1 N–H and O–H groups in total. The Labute approximate surface area is 146 Å². The third-order valence-electron chi connectivity index (χ3n) is 3.60. The molecule has 116 valence electrons. The molecule has 1 atom stereocenters. The van der Waals surface area contributed by atoms with Gasteiger partial charge in [-0.2, -0.15) is 0 Å². The van der Waals surface area contributed by atoms with Crippen molar-refractivity contribution in [1.82, 2.24) is 4.98 Å². The van der Waals surface area contributed by atoms with Gasteiger partial charge in [-0.25, -0.2) is 4.98 Å². The van der Waals surface area contributed by atoms with E-state index in [4.69, 9.17) is 23.2 Å². The first-order valence-corrected chi connectivity index (χ1v) is 8.14. The molecule has 0 radical (unpaired) electrons. The molecule has 0 unspecified atom stereocenters. The number of rotatable bonds is 5. The molecule has 0 aliphatic carbocycles. The maximum absolute atomic E-state index is 6.09. The van der Waals surface area contributed by atoms with Crippen molar-refractivity contribution in [2.45, 2.75) is 12.5 Å². The van der Waals surface area contributed by atoms with E-state index in [0.29, 0.717) is 10.2 Å². The molecular formula is C19H16Cl2N2. The van der Waals surface area contributed by atoms with Gasteiger partial charge in [0.1, 0.15) is 5.15 Å². The Kier molecular flexibility index (Phi) is 5.16. The summed E-state index contributed by atoms with van der Waals surface area (Å²) in [5.41, 5.74) is 3.31. The van der Waals surface area contributed by atoms with Gasteiger partial charge in [-0.1, -0.05) is 65.7 Å². The highest BCUT2D eigenvalue weighted by Gasteiger charge is 2.13. The number of hydrogen-bond donors (Lipinski definition) is 1. The SMILES string of the molecule is Clc1cccc(N[C@@H](Cc2ccccc2)c2ccc(Cl)nc2)c1. The molecule has 0 saturated heterocycles. The molecule has 3 rings (SSSR count). The smallest absolute Gasteiger partial charge is 0.129 e. The molecule has 0 aliphatic rings. The highest BCUT2D eigenvalue weighted by molar-refractivity contribution is 6.30. The van der Waals surface area contributed by atoms with E-state index in [9.17, 15) is 0 Å². The number of nitrogens with zero attached hydrogens (tertiary/aromatic N) is 1. The number of anilines is 1. The zero-order valence-corrected chi connectivity index (χ0v) is 13.9. The van der Waals surface area contributed by atoms with Gasteiger partial charge in [-0.05, 0) is 41.8 Å². The summed E-state index contributed by atoms with van der Waals surface area (Å²) >= 11 is 12.0. The molecule has 0 amide bonds. The number of halogens is 2. The summed E-state index contributed by atoms with van der Waals surface area (Å²) < 4.78 is 0. The number of nitrogens with one attached hydrogen (secondary N) is 1. The lowest BCUT2D eigenvalue weighted by Crippen LogP contribution is -2.14. The first kappa shape index (κ1) is 15.9. The van der Waals surface area contributed by atoms with Crippen molar-refractivity contribution in [2.75, 3.05) is 5.32 Å². The molecule has 2 aromatic carbocycles. The Morgan fingerprint density at radius 3 is 2.43 bits per heavy atom. The van der Waals surface area contributed by atoms with E-state index in [1.807, 2.05) is 60.8 Å². The van der Waals surface area contributed by atoms with E-state index in [1.54, 1.807) is 0 Å². The Morgan fingerprint density at radius 2 is 1.74 bits per heavy atom. The largest absolute Gasteiger partial charge is 0.378 e. The van der Waals surface area contributed by atoms with Crippen molar-refractivity contribution in [3.8, 4) is 0 Å². The fourth-order valence-corrected chi connectivity index (χ4v) is 2.78. The summed E-state index contributed by atoms with van der Waals surface area (Å²) in [5, 5.41) is 4.74. The number of hydrogen-bond acceptors (Lipinski definition) is 2. The van der Waals surface area contributed by atoms with E-state index in [0.717, 1.165) is 17.7 Å². The van der Waals surface area contributed by atoms with Gasteiger partial charge in [-0.3, -0.25) is 0 Å². The van der Waals surface area contributed by atoms with Crippen LogP contribution in [0, 0.1) is 0 Å². The molecule has 0 aliphatic heterocycles. The van der Waals surface area contributed by atoms with Gasteiger partial charge in [0.2, 0.25) is 0 Å². The predicted octanol–water partition coefficient (Wildman–Crippen LogP) is 5.78. The maximum atomic E-state index is 6.09. The van der Waals surface area contributed by atoms with Crippen molar-refractivity contribution >= 4 is 28.9 Å². The van der Waals surface area contributed by atoms with Crippen molar-refractivity contribution in [3.63, 3.8) is 0 Å². The topological polar surface area (TPSA) is 24.9 Å². The first-order valence-electron chi connectivity index (χ1n) is 7.38. The molecule has 0 spiro atoms. The molecule has 1 aromatic heterocycles. The average Bonchev–Trinajstić information content (AvgIpc) is 2.56. The molecule has 0 bridgehead atoms. The molecular weight excluding hydrogens is 327 g/mol. The lowest BCUT2D eigenvalue weighted by Gasteiger charge is -2.20. The van der Waals surface area contributed by atoms with Crippen LogP contribution in [0.15, 0.2) is 72.9 Å². The molecule has 0 fully saturated rings. The van der Waals surface area contributed by atoms with Crippen LogP contribution in [-0.2, 0) is 6.42 Å². The normalized spacial score (nSPS) is 11.9. The summed E-state index contributed by atoms with van der Waals surface area (Å²) in [4.78, 5) is 4.20. The van der Waals surface area contributed by atoms with Gasteiger partial charge >= 0.3 is 0 Å². The standard InChI is InChI=1S/C19H16Cl2N2/c20-16-7-4-8-17(12-16)23-18(11-14-5-2-1-3-6-14)15-9-10-19(21)22-13-15/h1-10,12-13,18,23H,11H2/t18-/m0/s1. The fraction of sp³-hybridized carbons (Fsp3) is 0.105. The van der Waals surface area contributed by atoms with Crippen LogP contribution in [0.4, 0.5) is 5.69 Å². The second-order valence-corrected chi connectivity index (χ2v) is 6.13. The van der Waals surface area contributed by atoms with Crippen molar-refractivity contribution in [2.24, 2.45) is 0 Å². The monoisotopic (exact) mass is 342 g/mol. The molecule has 23 heavy (non-hydrogen) atoms. The summed E-state index contributed by atoms with van der Waals surface area (Å²) in [5.74, 6) is 0. The number of aromatic nitrogens is 1. The summed E-state index contributed by atoms with van der Waals surface area (Å²) in [7, 11) is 0. The third kappa shape index (κ3) is 4.47. The van der Waals surface area contributed by atoms with Crippen molar-refractivity contribution in [3.05, 3.63) is 94.2 Å². The highest BCUT2D eigenvalue weighted by atomic mass is 35.5. The lowest BCUT2D eigenvalue weighted by atomic mass is 10.00. The highest BCUT2D eigenvalue weighted by Crippen LogP contribution is 2.25. The Balaban J connectivity index is 1.87. The van der Waals surface area contributed by atoms with Crippen LogP contribution in [0.2, 0.25) is 10.2 Å². The van der Waals surface area contributed by atoms with E-state index in [-0.39, 0.29) is 6.04 Å². The second kappa shape index (κ2) is 7.49. The quantitative estimate of drug-likeness (QED) is 0.594. The Bertz CT molecular complexity index is 758. The van der Waals surface area contributed by atoms with Gasteiger partial charge in [0.15, 0.2) is 0 Å². The maximum Gasteiger partial charge on any atom is 0.129 e. The van der Waals surface area contributed by atoms with Gasteiger partial charge < -0.3 is 5.32 Å². The summed E-state index contributed by atoms with van der Waals surface area (Å²) in [6.45, 7) is 0. The molecule has 0 saturated carbocycles. The van der Waals surface area contributed by atoms with Gasteiger partial charge in [0.25, 0.3) is 0 Å². The number of pyridine rings is 1. The van der Waals surface area contributed by atoms with E-state index in [2.05, 4.69) is 22.4 Å². The van der Waals surface area contributed by atoms with Crippen LogP contribution >= 0.6 is 23.2 Å². The molecule has 3 aromatic rings. The fourth-order valence-electron chi connectivity index (χ4n) is 2.47. The predicted molar refractivity (Wildman–Crippen MR) is 97.2 cm³/mol. The Hall–Kier alpha value is -2.03. The second-order valence-electron chi connectivity index (χ2n) is 5.31. The van der Waals surface area contributed by atoms with Gasteiger partial charge in [0.05, 0.1) is 6.04 Å². The Morgan fingerprint density at radius 1 is 0.913 bits per heavy atom. The summed E-state index contributed by atoms with van der Waals surface area (Å²) in [6, 6.07) is 22.0. The van der Waals surface area contributed by atoms with E-state index in [1.165, 1.54) is 5.56 Å². The van der Waals surface area contributed by atoms with Crippen LogP contribution in [0.5, 0.6) is 0 Å².